The number of nitrogens with two attached hydrogens (primary N) is 2. The Bertz CT molecular complexity index is 768. The Hall–Kier alpha value is -1.26. The standard InChI is InChI=1S/C31H56N2O7/c1-20(35)39-26(18-29(40-21(2)36)25-8-6-4-5-7-22(15-25)12-14-34)10-9-23-16-30(38-3)28(37)19-27(23)24-11-13-33-31(32)17-24/h22-31,33-34,37H,4-19,32H2,1-3H3/p+1/t22-,23?,24?,25+,26+,27?,28?,29+,30?,31?/m0/s1. The highest BCUT2D eigenvalue weighted by Crippen LogP contribution is 2.43. The second-order valence-corrected chi connectivity index (χ2v) is 12.9. The first-order chi connectivity index (χ1) is 19.2. The van der Waals surface area contributed by atoms with Crippen molar-refractivity contribution >= 4 is 11.9 Å². The largest absolute Gasteiger partial charge is 0.462 e. The molecule has 40 heavy (non-hydrogen) atoms. The molecule has 3 aliphatic rings. The van der Waals surface area contributed by atoms with E-state index in [1.165, 1.54) is 20.3 Å². The molecule has 9 nitrogen and oxygen atoms in total. The molecule has 0 bridgehead atoms. The van der Waals surface area contributed by atoms with Crippen LogP contribution >= 0.6 is 0 Å². The van der Waals surface area contributed by atoms with Crippen molar-refractivity contribution < 1.29 is 39.3 Å². The van der Waals surface area contributed by atoms with Gasteiger partial charge < -0.3 is 29.7 Å². The summed E-state index contributed by atoms with van der Waals surface area (Å²) in [7, 11) is 1.67. The molecule has 1 aliphatic heterocycles. The summed E-state index contributed by atoms with van der Waals surface area (Å²) in [5, 5.41) is 22.6. The maximum absolute atomic E-state index is 12.2. The van der Waals surface area contributed by atoms with Gasteiger partial charge in [0, 0.05) is 40.4 Å². The fourth-order valence-electron chi connectivity index (χ4n) is 8.02. The third-order valence-corrected chi connectivity index (χ3v) is 9.96. The van der Waals surface area contributed by atoms with E-state index in [1.807, 2.05) is 0 Å². The van der Waals surface area contributed by atoms with Crippen LogP contribution in [0.3, 0.4) is 0 Å². The zero-order valence-corrected chi connectivity index (χ0v) is 25.2. The number of methoxy groups -OCH3 is 1. The number of rotatable bonds is 12. The highest BCUT2D eigenvalue weighted by Gasteiger charge is 2.42. The van der Waals surface area contributed by atoms with E-state index in [9.17, 15) is 19.8 Å². The lowest BCUT2D eigenvalue weighted by Crippen LogP contribution is -2.94. The SMILES string of the molecule is COC1CC(CC[C@H](C[C@@H](OC(C)=O)[C@@H]2CCCCC[C@@H](CCO)C2)OC(C)=O)C(C2CC[NH2+]C(N)C2)CC1O. The van der Waals surface area contributed by atoms with Crippen molar-refractivity contribution in [2.24, 2.45) is 35.3 Å². The third-order valence-electron chi connectivity index (χ3n) is 9.96. The lowest BCUT2D eigenvalue weighted by atomic mass is 9.66. The number of carbonyl (C=O) groups is 2. The highest BCUT2D eigenvalue weighted by atomic mass is 16.6. The number of aliphatic hydroxyl groups is 2. The molecule has 0 radical (unpaired) electrons. The molecule has 0 aromatic carbocycles. The molecule has 1 saturated heterocycles. The first-order valence-corrected chi connectivity index (χ1v) is 15.9. The molecule has 3 fully saturated rings. The molecular formula is C31H57N2O7+. The molecule has 0 aromatic heterocycles. The molecule has 0 amide bonds. The quantitative estimate of drug-likeness (QED) is 0.263. The van der Waals surface area contributed by atoms with E-state index in [4.69, 9.17) is 19.9 Å². The highest BCUT2D eigenvalue weighted by molar-refractivity contribution is 5.66. The van der Waals surface area contributed by atoms with Gasteiger partial charge in [-0.1, -0.05) is 25.7 Å². The maximum Gasteiger partial charge on any atom is 0.302 e. The molecule has 3 rings (SSSR count). The van der Waals surface area contributed by atoms with Crippen molar-refractivity contribution in [3.8, 4) is 0 Å². The fraction of sp³-hybridized carbons (Fsp3) is 0.935. The van der Waals surface area contributed by atoms with Gasteiger partial charge in [-0.05, 0) is 81.0 Å². The van der Waals surface area contributed by atoms with Gasteiger partial charge in [-0.3, -0.25) is 15.3 Å². The van der Waals surface area contributed by atoms with E-state index < -0.39 is 6.10 Å². The van der Waals surface area contributed by atoms with Crippen molar-refractivity contribution in [1.82, 2.24) is 0 Å². The van der Waals surface area contributed by atoms with Crippen LogP contribution < -0.4 is 11.1 Å². The summed E-state index contributed by atoms with van der Waals surface area (Å²) in [5.41, 5.74) is 6.30. The van der Waals surface area contributed by atoms with Crippen LogP contribution in [0.25, 0.3) is 0 Å². The van der Waals surface area contributed by atoms with E-state index in [1.54, 1.807) is 7.11 Å². The first kappa shape index (κ1) is 33.2. The number of aliphatic hydroxyl groups excluding tert-OH is 2. The maximum atomic E-state index is 12.2. The van der Waals surface area contributed by atoms with Gasteiger partial charge in [0.25, 0.3) is 0 Å². The van der Waals surface area contributed by atoms with Crippen molar-refractivity contribution in [1.29, 1.82) is 0 Å². The smallest absolute Gasteiger partial charge is 0.302 e. The average Bonchev–Trinajstić information content (AvgIpc) is 2.88. The minimum Gasteiger partial charge on any atom is -0.462 e. The summed E-state index contributed by atoms with van der Waals surface area (Å²) in [5.74, 6) is 1.15. The summed E-state index contributed by atoms with van der Waals surface area (Å²) in [4.78, 5) is 24.4. The van der Waals surface area contributed by atoms with E-state index in [2.05, 4.69) is 5.32 Å². The third kappa shape index (κ3) is 10.5. The van der Waals surface area contributed by atoms with E-state index in [0.717, 1.165) is 70.8 Å². The Kier molecular flexibility index (Phi) is 14.1. The van der Waals surface area contributed by atoms with Crippen LogP contribution in [-0.2, 0) is 23.8 Å². The molecule has 9 heteroatoms. The summed E-state index contributed by atoms with van der Waals surface area (Å²) in [6, 6.07) is 0. The molecular weight excluding hydrogens is 512 g/mol. The fourth-order valence-corrected chi connectivity index (χ4v) is 8.02. The normalized spacial score (nSPS) is 35.1. The number of carbonyl (C=O) groups excluding carboxylic acids is 2. The minimum absolute atomic E-state index is 0.105. The Balaban J connectivity index is 1.73. The molecule has 1 heterocycles. The Morgan fingerprint density at radius 2 is 1.73 bits per heavy atom. The molecule has 0 aromatic rings. The van der Waals surface area contributed by atoms with Gasteiger partial charge in [0.05, 0.1) is 18.8 Å². The lowest BCUT2D eigenvalue weighted by Gasteiger charge is -2.44. The van der Waals surface area contributed by atoms with Crippen LogP contribution in [0, 0.1) is 29.6 Å². The summed E-state index contributed by atoms with van der Waals surface area (Å²) in [6.07, 6.45) is 11.5. The number of esters is 2. The topological polar surface area (TPSA) is 145 Å². The zero-order chi connectivity index (χ0) is 29.1. The molecule has 6 unspecified atom stereocenters. The van der Waals surface area contributed by atoms with Gasteiger partial charge in [0.2, 0.25) is 0 Å². The number of quaternary nitrogens is 1. The van der Waals surface area contributed by atoms with Gasteiger partial charge >= 0.3 is 11.9 Å². The number of piperidine rings is 1. The Morgan fingerprint density at radius 3 is 2.40 bits per heavy atom. The Labute approximate surface area is 241 Å². The number of hydrogen-bond acceptors (Lipinski definition) is 8. The van der Waals surface area contributed by atoms with Gasteiger partial charge in [-0.25, -0.2) is 0 Å². The van der Waals surface area contributed by atoms with Gasteiger partial charge in [-0.15, -0.1) is 0 Å². The molecule has 2 saturated carbocycles. The van der Waals surface area contributed by atoms with E-state index in [-0.39, 0.29) is 48.9 Å². The zero-order valence-electron chi connectivity index (χ0n) is 25.2. The van der Waals surface area contributed by atoms with E-state index >= 15 is 0 Å². The van der Waals surface area contributed by atoms with Gasteiger partial charge in [-0.2, -0.15) is 0 Å². The first-order valence-electron chi connectivity index (χ1n) is 15.9. The Morgan fingerprint density at radius 1 is 0.975 bits per heavy atom. The van der Waals surface area contributed by atoms with Crippen LogP contribution in [0.1, 0.15) is 104 Å². The summed E-state index contributed by atoms with van der Waals surface area (Å²) < 4.78 is 17.5. The van der Waals surface area contributed by atoms with E-state index in [0.29, 0.717) is 42.9 Å². The monoisotopic (exact) mass is 569 g/mol. The van der Waals surface area contributed by atoms with Crippen LogP contribution in [-0.4, -0.2) is 73.0 Å². The molecule has 6 N–H and O–H groups in total. The second-order valence-electron chi connectivity index (χ2n) is 12.9. The lowest BCUT2D eigenvalue weighted by molar-refractivity contribution is -0.699. The van der Waals surface area contributed by atoms with Gasteiger partial charge in [0.1, 0.15) is 18.4 Å². The van der Waals surface area contributed by atoms with Crippen LogP contribution in [0.2, 0.25) is 0 Å². The number of hydrogen-bond donors (Lipinski definition) is 4. The molecule has 0 spiro atoms. The summed E-state index contributed by atoms with van der Waals surface area (Å²) in [6.45, 7) is 4.09. The summed E-state index contributed by atoms with van der Waals surface area (Å²) >= 11 is 0. The minimum atomic E-state index is -0.475. The molecule has 10 atom stereocenters. The molecule has 2 aliphatic carbocycles. The van der Waals surface area contributed by atoms with Crippen molar-refractivity contribution in [3.63, 3.8) is 0 Å². The second kappa shape index (κ2) is 17.0. The van der Waals surface area contributed by atoms with Crippen molar-refractivity contribution in [2.45, 2.75) is 134 Å². The van der Waals surface area contributed by atoms with Crippen molar-refractivity contribution in [3.05, 3.63) is 0 Å². The van der Waals surface area contributed by atoms with Crippen LogP contribution in [0.15, 0.2) is 0 Å². The average molecular weight is 570 g/mol. The van der Waals surface area contributed by atoms with Crippen molar-refractivity contribution in [2.75, 3.05) is 20.3 Å². The molecule has 232 valence electrons. The van der Waals surface area contributed by atoms with Crippen LogP contribution in [0.4, 0.5) is 0 Å². The predicted octanol–water partition coefficient (Wildman–Crippen LogP) is 2.65. The number of ether oxygens (including phenoxy) is 3. The van der Waals surface area contributed by atoms with Gasteiger partial charge in [0.15, 0.2) is 0 Å². The predicted molar refractivity (Wildman–Crippen MR) is 152 cm³/mol. The van der Waals surface area contributed by atoms with Crippen LogP contribution in [0.5, 0.6) is 0 Å².